The van der Waals surface area contributed by atoms with Gasteiger partial charge in [-0.1, -0.05) is 41.4 Å². The van der Waals surface area contributed by atoms with Crippen molar-refractivity contribution in [2.24, 2.45) is 5.10 Å². The average Bonchev–Trinajstić information content (AvgIpc) is 3.09. The number of hydrazone groups is 1. The van der Waals surface area contributed by atoms with Gasteiger partial charge < -0.3 is 9.88 Å². The predicted molar refractivity (Wildman–Crippen MR) is 130 cm³/mol. The Morgan fingerprint density at radius 1 is 1.06 bits per heavy atom. The van der Waals surface area contributed by atoms with Gasteiger partial charge in [0.05, 0.1) is 39.1 Å². The lowest BCUT2D eigenvalue weighted by molar-refractivity contribution is 0.102. The quantitative estimate of drug-likeness (QED) is 0.278. The van der Waals surface area contributed by atoms with Gasteiger partial charge in [-0.15, -0.1) is 0 Å². The largest absolute Gasteiger partial charge is 0.322 e. The zero-order valence-corrected chi connectivity index (χ0v) is 18.9. The van der Waals surface area contributed by atoms with Crippen LogP contribution in [0.1, 0.15) is 23.1 Å². The van der Waals surface area contributed by atoms with Gasteiger partial charge >= 0.3 is 0 Å². The van der Waals surface area contributed by atoms with E-state index < -0.39 is 5.91 Å². The summed E-state index contributed by atoms with van der Waals surface area (Å²) >= 11 is 12.4. The van der Waals surface area contributed by atoms with Crippen LogP contribution in [0.3, 0.4) is 0 Å². The fourth-order valence-electron chi connectivity index (χ4n) is 3.31. The molecule has 0 saturated carbocycles. The molecule has 7 nitrogen and oxygen atoms in total. The lowest BCUT2D eigenvalue weighted by Gasteiger charge is -2.10. The number of fused-ring (bicyclic) bond motifs is 1. The van der Waals surface area contributed by atoms with Crippen molar-refractivity contribution in [3.8, 4) is 0 Å². The molecule has 0 bridgehead atoms. The van der Waals surface area contributed by atoms with Crippen LogP contribution in [0.4, 0.5) is 11.5 Å². The third kappa shape index (κ3) is 4.59. The lowest BCUT2D eigenvalue weighted by Crippen LogP contribution is -2.13. The first-order valence-corrected chi connectivity index (χ1v) is 10.6. The summed E-state index contributed by atoms with van der Waals surface area (Å²) < 4.78 is 2.03. The zero-order chi connectivity index (χ0) is 22.7. The Hall–Kier alpha value is -3.42. The molecule has 0 saturated heterocycles. The number of anilines is 2. The summed E-state index contributed by atoms with van der Waals surface area (Å²) in [4.78, 5) is 21.7. The number of amides is 1. The molecular weight excluding hydrogens is 447 g/mol. The van der Waals surface area contributed by atoms with Gasteiger partial charge in [-0.05, 0) is 50.2 Å². The van der Waals surface area contributed by atoms with Crippen LogP contribution in [-0.4, -0.2) is 26.2 Å². The zero-order valence-electron chi connectivity index (χ0n) is 17.4. The fourth-order valence-corrected chi connectivity index (χ4v) is 3.88. The number of pyridine rings is 1. The maximum absolute atomic E-state index is 12.8. The Morgan fingerprint density at radius 2 is 1.81 bits per heavy atom. The molecule has 0 spiro atoms. The molecule has 2 N–H and O–H groups in total. The van der Waals surface area contributed by atoms with Gasteiger partial charge in [0.25, 0.3) is 5.91 Å². The molecule has 4 rings (SSSR count). The van der Waals surface area contributed by atoms with Crippen LogP contribution < -0.4 is 10.7 Å². The van der Waals surface area contributed by atoms with Crippen LogP contribution in [0.5, 0.6) is 0 Å². The van der Waals surface area contributed by atoms with E-state index in [4.69, 9.17) is 23.2 Å². The normalized spacial score (nSPS) is 11.6. The molecule has 0 unspecified atom stereocenters. The van der Waals surface area contributed by atoms with Gasteiger partial charge in [0.1, 0.15) is 17.2 Å². The number of carbonyl (C=O) groups is 1. The second kappa shape index (κ2) is 9.38. The molecule has 0 fully saturated rings. The molecular formula is C23H20Cl2N6O. The molecule has 4 aromatic rings. The van der Waals surface area contributed by atoms with E-state index in [1.807, 2.05) is 48.7 Å². The van der Waals surface area contributed by atoms with Gasteiger partial charge in [0.15, 0.2) is 0 Å². The van der Waals surface area contributed by atoms with E-state index in [9.17, 15) is 4.79 Å². The van der Waals surface area contributed by atoms with Crippen molar-refractivity contribution >= 4 is 57.4 Å². The Kier molecular flexibility index (Phi) is 6.39. The number of hydrogen-bond acceptors (Lipinski definition) is 5. The van der Waals surface area contributed by atoms with Crippen molar-refractivity contribution < 1.29 is 4.79 Å². The van der Waals surface area contributed by atoms with Crippen molar-refractivity contribution in [3.63, 3.8) is 0 Å². The number of nitrogens with zero attached hydrogens (tertiary/aromatic N) is 4. The molecule has 9 heteroatoms. The van der Waals surface area contributed by atoms with E-state index in [0.29, 0.717) is 23.6 Å². The highest BCUT2D eigenvalue weighted by Crippen LogP contribution is 2.28. The molecule has 2 aromatic heterocycles. The number of rotatable bonds is 6. The summed E-state index contributed by atoms with van der Waals surface area (Å²) in [5, 5.41) is 7.87. The van der Waals surface area contributed by atoms with E-state index in [1.165, 1.54) is 0 Å². The molecule has 0 aliphatic carbocycles. The highest BCUT2D eigenvalue weighted by Gasteiger charge is 2.18. The number of carbonyl (C=O) groups excluding carboxylic acids is 1. The van der Waals surface area contributed by atoms with E-state index in [2.05, 4.69) is 25.8 Å². The minimum absolute atomic E-state index is 0.229. The van der Waals surface area contributed by atoms with E-state index in [0.717, 1.165) is 17.1 Å². The van der Waals surface area contributed by atoms with E-state index in [1.54, 1.807) is 30.5 Å². The second-order valence-corrected chi connectivity index (χ2v) is 7.96. The molecule has 162 valence electrons. The number of aromatic nitrogens is 3. The number of nitrogens with one attached hydrogen (secondary N) is 2. The molecule has 32 heavy (non-hydrogen) atoms. The molecule has 0 aliphatic heterocycles. The van der Waals surface area contributed by atoms with Crippen LogP contribution in [0.15, 0.2) is 65.9 Å². The third-order valence-electron chi connectivity index (χ3n) is 4.82. The Labute approximate surface area is 195 Å². The van der Waals surface area contributed by atoms with Crippen LogP contribution in [-0.2, 0) is 6.54 Å². The monoisotopic (exact) mass is 466 g/mol. The van der Waals surface area contributed by atoms with Crippen LogP contribution in [0.2, 0.25) is 10.0 Å². The first kappa shape index (κ1) is 21.8. The summed E-state index contributed by atoms with van der Waals surface area (Å²) in [6.07, 6.45) is 1.70. The summed E-state index contributed by atoms with van der Waals surface area (Å²) in [5.41, 5.74) is 6.15. The minimum Gasteiger partial charge on any atom is -0.322 e. The summed E-state index contributed by atoms with van der Waals surface area (Å²) in [6, 6.07) is 16.1. The van der Waals surface area contributed by atoms with Gasteiger partial charge in [0, 0.05) is 6.20 Å². The summed E-state index contributed by atoms with van der Waals surface area (Å²) in [7, 11) is 0. The predicted octanol–water partition coefficient (Wildman–Crippen LogP) is 5.79. The first-order chi connectivity index (χ1) is 15.4. The number of halogens is 2. The van der Waals surface area contributed by atoms with E-state index >= 15 is 0 Å². The number of benzene rings is 2. The standard InChI is InChI=1S/C23H20Cl2N6O/c1-14(29-30-20-11-3-4-12-26-20)13-31-15(2)27-22-18(9-6-10-19(22)31)28-23(32)21-16(24)7-5-8-17(21)25/h3-12H,13H2,1-2H3,(H,26,30)(H,28,32). The molecule has 1 amide bonds. The molecule has 0 aliphatic rings. The van der Waals surface area contributed by atoms with Crippen LogP contribution >= 0.6 is 23.2 Å². The van der Waals surface area contributed by atoms with Crippen molar-refractivity contribution in [3.05, 3.63) is 82.2 Å². The second-order valence-electron chi connectivity index (χ2n) is 7.14. The molecule has 2 aromatic carbocycles. The summed E-state index contributed by atoms with van der Waals surface area (Å²) in [6.45, 7) is 4.36. The maximum Gasteiger partial charge on any atom is 0.258 e. The van der Waals surface area contributed by atoms with Crippen molar-refractivity contribution in [2.45, 2.75) is 20.4 Å². The van der Waals surface area contributed by atoms with Crippen molar-refractivity contribution in [1.29, 1.82) is 0 Å². The third-order valence-corrected chi connectivity index (χ3v) is 5.45. The van der Waals surface area contributed by atoms with Crippen LogP contribution in [0.25, 0.3) is 11.0 Å². The van der Waals surface area contributed by atoms with Gasteiger partial charge in [0.2, 0.25) is 0 Å². The van der Waals surface area contributed by atoms with Crippen LogP contribution in [0, 0.1) is 6.92 Å². The van der Waals surface area contributed by atoms with Gasteiger partial charge in [-0.2, -0.15) is 5.10 Å². The van der Waals surface area contributed by atoms with E-state index in [-0.39, 0.29) is 15.6 Å². The first-order valence-electron chi connectivity index (χ1n) is 9.85. The lowest BCUT2D eigenvalue weighted by atomic mass is 10.2. The van der Waals surface area contributed by atoms with Crippen molar-refractivity contribution in [2.75, 3.05) is 10.7 Å². The maximum atomic E-state index is 12.8. The number of imidazole rings is 1. The average molecular weight is 467 g/mol. The number of aryl methyl sites for hydroxylation is 1. The Bertz CT molecular complexity index is 1300. The molecule has 0 atom stereocenters. The highest BCUT2D eigenvalue weighted by atomic mass is 35.5. The highest BCUT2D eigenvalue weighted by molar-refractivity contribution is 6.40. The number of hydrogen-bond donors (Lipinski definition) is 2. The summed E-state index contributed by atoms with van der Waals surface area (Å²) in [5.74, 6) is 1.07. The number of para-hydroxylation sites is 1. The Balaban J connectivity index is 1.60. The molecule has 2 heterocycles. The van der Waals surface area contributed by atoms with Crippen molar-refractivity contribution in [1.82, 2.24) is 14.5 Å². The topological polar surface area (TPSA) is 84.2 Å². The molecule has 0 radical (unpaired) electrons. The SMILES string of the molecule is CC(Cn1c(C)nc2c(NC(=O)c3c(Cl)cccc3Cl)cccc21)=NNc1ccccn1. The minimum atomic E-state index is -0.391. The Morgan fingerprint density at radius 3 is 2.53 bits per heavy atom. The van der Waals surface area contributed by atoms with Gasteiger partial charge in [-0.3, -0.25) is 10.2 Å². The van der Waals surface area contributed by atoms with Gasteiger partial charge in [-0.25, -0.2) is 9.97 Å². The smallest absolute Gasteiger partial charge is 0.258 e. The fraction of sp³-hybridized carbons (Fsp3) is 0.130.